The van der Waals surface area contributed by atoms with Gasteiger partial charge in [0.05, 0.1) is 6.54 Å². The number of amides is 1. The van der Waals surface area contributed by atoms with E-state index in [4.69, 9.17) is 16.1 Å². The molecule has 0 atom stereocenters. The zero-order valence-electron chi connectivity index (χ0n) is 14.9. The van der Waals surface area contributed by atoms with Crippen LogP contribution in [0.3, 0.4) is 0 Å². The number of carbonyl (C=O) groups is 1. The van der Waals surface area contributed by atoms with Gasteiger partial charge in [-0.05, 0) is 41.8 Å². The van der Waals surface area contributed by atoms with Gasteiger partial charge in [0, 0.05) is 36.3 Å². The number of hydrogen-bond acceptors (Lipinski definition) is 5. The van der Waals surface area contributed by atoms with Crippen LogP contribution in [-0.4, -0.2) is 27.5 Å². The monoisotopic (exact) mass is 382 g/mol. The average molecular weight is 383 g/mol. The number of halogens is 1. The molecule has 6 nitrogen and oxygen atoms in total. The highest BCUT2D eigenvalue weighted by molar-refractivity contribution is 6.30. The molecule has 2 aromatic carbocycles. The van der Waals surface area contributed by atoms with E-state index in [-0.39, 0.29) is 5.91 Å². The van der Waals surface area contributed by atoms with Crippen LogP contribution in [0.2, 0.25) is 5.02 Å². The second-order valence-electron chi connectivity index (χ2n) is 6.65. The Morgan fingerprint density at radius 1 is 1.26 bits per heavy atom. The number of anilines is 1. The topological polar surface area (TPSA) is 71.3 Å². The van der Waals surface area contributed by atoms with Crippen LogP contribution in [0.15, 0.2) is 47.0 Å². The normalized spacial score (nSPS) is 14.0. The summed E-state index contributed by atoms with van der Waals surface area (Å²) in [6, 6.07) is 13.5. The molecule has 1 amide bonds. The summed E-state index contributed by atoms with van der Waals surface area (Å²) in [7, 11) is 0. The first-order valence-corrected chi connectivity index (χ1v) is 9.15. The molecule has 1 N–H and O–H groups in total. The number of fused-ring (bicyclic) bond motifs is 1. The van der Waals surface area contributed by atoms with Crippen molar-refractivity contribution >= 4 is 23.2 Å². The van der Waals surface area contributed by atoms with Crippen molar-refractivity contribution < 1.29 is 9.32 Å². The van der Waals surface area contributed by atoms with Gasteiger partial charge in [-0.25, -0.2) is 0 Å². The highest BCUT2D eigenvalue weighted by Gasteiger charge is 2.19. The molecule has 1 aliphatic heterocycles. The van der Waals surface area contributed by atoms with Gasteiger partial charge < -0.3 is 9.84 Å². The first-order valence-electron chi connectivity index (χ1n) is 8.77. The van der Waals surface area contributed by atoms with Crippen molar-refractivity contribution in [3.8, 4) is 11.4 Å². The summed E-state index contributed by atoms with van der Waals surface area (Å²) in [4.78, 5) is 18.0. The third kappa shape index (κ3) is 4.18. The molecule has 0 unspecified atom stereocenters. The molecule has 0 spiro atoms. The summed E-state index contributed by atoms with van der Waals surface area (Å²) < 4.78 is 5.42. The number of aromatic nitrogens is 2. The quantitative estimate of drug-likeness (QED) is 0.740. The predicted octanol–water partition coefficient (Wildman–Crippen LogP) is 3.91. The maximum absolute atomic E-state index is 11.3. The van der Waals surface area contributed by atoms with Gasteiger partial charge >= 0.3 is 0 Å². The van der Waals surface area contributed by atoms with Crippen LogP contribution in [0.5, 0.6) is 0 Å². The van der Waals surface area contributed by atoms with E-state index in [1.54, 1.807) is 0 Å². The Morgan fingerprint density at radius 3 is 2.96 bits per heavy atom. The predicted molar refractivity (Wildman–Crippen MR) is 103 cm³/mol. The Kier molecular flexibility index (Phi) is 4.92. The van der Waals surface area contributed by atoms with E-state index in [2.05, 4.69) is 26.4 Å². The second-order valence-corrected chi connectivity index (χ2v) is 7.08. The maximum Gasteiger partial charge on any atom is 0.241 e. The van der Waals surface area contributed by atoms with Crippen molar-refractivity contribution in [3.63, 3.8) is 0 Å². The fourth-order valence-electron chi connectivity index (χ4n) is 3.29. The Bertz CT molecular complexity index is 986. The smallest absolute Gasteiger partial charge is 0.241 e. The molecule has 0 fully saturated rings. The molecule has 0 radical (unpaired) electrons. The van der Waals surface area contributed by atoms with Crippen molar-refractivity contribution in [2.24, 2.45) is 0 Å². The molecule has 3 aromatic rings. The van der Waals surface area contributed by atoms with Gasteiger partial charge in [-0.3, -0.25) is 9.69 Å². The van der Waals surface area contributed by atoms with Gasteiger partial charge in [0.15, 0.2) is 0 Å². The van der Waals surface area contributed by atoms with Crippen LogP contribution in [0.4, 0.5) is 5.69 Å². The van der Waals surface area contributed by atoms with Crippen molar-refractivity contribution in [2.75, 3.05) is 11.9 Å². The summed E-state index contributed by atoms with van der Waals surface area (Å²) in [6.07, 6.45) is 0.949. The van der Waals surface area contributed by atoms with Gasteiger partial charge in [-0.1, -0.05) is 35.0 Å². The minimum Gasteiger partial charge on any atom is -0.338 e. The molecule has 1 aliphatic rings. The molecule has 27 heavy (non-hydrogen) atoms. The van der Waals surface area contributed by atoms with Crippen LogP contribution in [0.1, 0.15) is 23.9 Å². The third-order valence-corrected chi connectivity index (χ3v) is 4.76. The molecule has 0 bridgehead atoms. The summed E-state index contributed by atoms with van der Waals surface area (Å²) in [5, 5.41) is 7.54. The number of nitrogens with zero attached hydrogens (tertiary/aromatic N) is 3. The van der Waals surface area contributed by atoms with Crippen LogP contribution in [0.25, 0.3) is 11.4 Å². The van der Waals surface area contributed by atoms with E-state index < -0.39 is 0 Å². The lowest BCUT2D eigenvalue weighted by atomic mass is 9.99. The van der Waals surface area contributed by atoms with E-state index in [9.17, 15) is 4.79 Å². The van der Waals surface area contributed by atoms with Crippen LogP contribution >= 0.6 is 11.6 Å². The van der Waals surface area contributed by atoms with Crippen molar-refractivity contribution in [1.82, 2.24) is 15.0 Å². The van der Waals surface area contributed by atoms with Gasteiger partial charge in [-0.2, -0.15) is 4.98 Å². The summed E-state index contributed by atoms with van der Waals surface area (Å²) >= 11 is 6.03. The molecule has 138 valence electrons. The van der Waals surface area contributed by atoms with E-state index in [0.29, 0.717) is 23.3 Å². The van der Waals surface area contributed by atoms with E-state index >= 15 is 0 Å². The summed E-state index contributed by atoms with van der Waals surface area (Å²) in [6.45, 7) is 3.79. The fraction of sp³-hybridized carbons (Fsp3) is 0.250. The van der Waals surface area contributed by atoms with Crippen LogP contribution in [-0.2, 0) is 24.3 Å². The minimum atomic E-state index is -0.0676. The molecule has 1 aromatic heterocycles. The van der Waals surface area contributed by atoms with Crippen LogP contribution < -0.4 is 5.32 Å². The number of carbonyl (C=O) groups excluding carboxylic acids is 1. The van der Waals surface area contributed by atoms with Gasteiger partial charge in [0.2, 0.25) is 17.6 Å². The van der Waals surface area contributed by atoms with E-state index in [1.165, 1.54) is 18.1 Å². The fourth-order valence-corrected chi connectivity index (χ4v) is 3.48. The molecule has 0 aliphatic carbocycles. The minimum absolute atomic E-state index is 0.0676. The number of benzene rings is 2. The lowest BCUT2D eigenvalue weighted by molar-refractivity contribution is -0.114. The first kappa shape index (κ1) is 17.7. The Hall–Kier alpha value is -2.70. The van der Waals surface area contributed by atoms with Crippen molar-refractivity contribution in [3.05, 3.63) is 64.5 Å². The number of hydrogen-bond donors (Lipinski definition) is 1. The van der Waals surface area contributed by atoms with Crippen molar-refractivity contribution in [2.45, 2.75) is 26.4 Å². The zero-order chi connectivity index (χ0) is 18.8. The lowest BCUT2D eigenvalue weighted by Crippen LogP contribution is -2.30. The Balaban J connectivity index is 1.46. The molecule has 4 rings (SSSR count). The first-order chi connectivity index (χ1) is 13.1. The number of nitrogens with one attached hydrogen (secondary N) is 1. The molecule has 0 saturated heterocycles. The molecular formula is C20H19ClN4O2. The van der Waals surface area contributed by atoms with Crippen molar-refractivity contribution in [1.29, 1.82) is 0 Å². The maximum atomic E-state index is 11.3. The van der Waals surface area contributed by atoms with E-state index in [0.717, 1.165) is 30.8 Å². The molecule has 0 saturated carbocycles. The van der Waals surface area contributed by atoms with Crippen LogP contribution in [0, 0.1) is 0 Å². The molecular weight excluding hydrogens is 364 g/mol. The number of rotatable bonds is 4. The lowest BCUT2D eigenvalue weighted by Gasteiger charge is -2.27. The Morgan fingerprint density at radius 2 is 2.15 bits per heavy atom. The van der Waals surface area contributed by atoms with E-state index in [1.807, 2.05) is 36.4 Å². The largest absolute Gasteiger partial charge is 0.338 e. The summed E-state index contributed by atoms with van der Waals surface area (Å²) in [5.41, 5.74) is 4.18. The SMILES string of the molecule is CC(=O)Nc1ccc2c(c1)CN(Cc1nc(-c3cccc(Cl)c3)no1)CC2. The second kappa shape index (κ2) is 7.50. The summed E-state index contributed by atoms with van der Waals surface area (Å²) in [5.74, 6) is 1.05. The standard InChI is InChI=1S/C20H19ClN4O2/c1-13(26)22-18-6-5-14-7-8-25(11-16(14)10-18)12-19-23-20(24-27-19)15-3-2-4-17(21)9-15/h2-6,9-10H,7-8,11-12H2,1H3,(H,22,26). The third-order valence-electron chi connectivity index (χ3n) is 4.53. The average Bonchev–Trinajstić information content (AvgIpc) is 3.09. The van der Waals surface area contributed by atoms with Gasteiger partial charge in [0.1, 0.15) is 0 Å². The zero-order valence-corrected chi connectivity index (χ0v) is 15.7. The van der Waals surface area contributed by atoms with Gasteiger partial charge in [-0.15, -0.1) is 0 Å². The highest BCUT2D eigenvalue weighted by atomic mass is 35.5. The van der Waals surface area contributed by atoms with Gasteiger partial charge in [0.25, 0.3) is 0 Å². The molecule has 2 heterocycles. The Labute approximate surface area is 162 Å². The highest BCUT2D eigenvalue weighted by Crippen LogP contribution is 2.25. The molecule has 7 heteroatoms.